The van der Waals surface area contributed by atoms with E-state index in [1.807, 2.05) is 4.72 Å². The minimum Gasteiger partial charge on any atom is -0.275 e. The van der Waals surface area contributed by atoms with Gasteiger partial charge in [-0.1, -0.05) is 12.1 Å². The molecule has 0 atom stereocenters. The molecule has 2 aromatic rings. The van der Waals surface area contributed by atoms with Crippen LogP contribution >= 0.6 is 0 Å². The molecule has 0 spiro atoms. The first kappa shape index (κ1) is 15.6. The Kier molecular flexibility index (Phi) is 4.22. The SMILES string of the molecule is Cn1cc(C(=O)NS(=O)(=O)Cc2ccc([N+](=O)[O-])cc2)cn1. The zero-order valence-electron chi connectivity index (χ0n) is 11.5. The summed E-state index contributed by atoms with van der Waals surface area (Å²) in [5.41, 5.74) is 0.312. The average Bonchev–Trinajstić information content (AvgIpc) is 2.85. The molecule has 1 amide bonds. The second kappa shape index (κ2) is 5.93. The van der Waals surface area contributed by atoms with E-state index in [1.54, 1.807) is 7.05 Å². The Hall–Kier alpha value is -2.75. The molecule has 0 aliphatic carbocycles. The molecule has 2 rings (SSSR count). The Morgan fingerprint density at radius 1 is 1.36 bits per heavy atom. The van der Waals surface area contributed by atoms with Crippen LogP contribution in [0.3, 0.4) is 0 Å². The Bertz CT molecular complexity index is 810. The lowest BCUT2D eigenvalue weighted by molar-refractivity contribution is -0.384. The molecule has 116 valence electrons. The molecular formula is C12H12N4O5S. The second-order valence-corrected chi connectivity index (χ2v) is 6.24. The molecular weight excluding hydrogens is 312 g/mol. The number of benzene rings is 1. The molecule has 0 aliphatic rings. The molecule has 0 saturated carbocycles. The van der Waals surface area contributed by atoms with E-state index in [2.05, 4.69) is 5.10 Å². The molecule has 9 nitrogen and oxygen atoms in total. The van der Waals surface area contributed by atoms with Crippen molar-refractivity contribution in [3.63, 3.8) is 0 Å². The highest BCUT2D eigenvalue weighted by molar-refractivity contribution is 7.89. The third-order valence-corrected chi connectivity index (χ3v) is 3.93. The van der Waals surface area contributed by atoms with Gasteiger partial charge in [-0.3, -0.25) is 19.6 Å². The van der Waals surface area contributed by atoms with Crippen molar-refractivity contribution < 1.29 is 18.1 Å². The highest BCUT2D eigenvalue weighted by Crippen LogP contribution is 2.13. The van der Waals surface area contributed by atoms with E-state index in [0.717, 1.165) is 0 Å². The lowest BCUT2D eigenvalue weighted by Crippen LogP contribution is -2.31. The number of hydrogen-bond donors (Lipinski definition) is 1. The zero-order valence-corrected chi connectivity index (χ0v) is 12.3. The number of hydrogen-bond acceptors (Lipinski definition) is 6. The van der Waals surface area contributed by atoms with Crippen LogP contribution in [0.5, 0.6) is 0 Å². The van der Waals surface area contributed by atoms with Crippen molar-refractivity contribution in [2.75, 3.05) is 0 Å². The van der Waals surface area contributed by atoms with E-state index in [-0.39, 0.29) is 11.3 Å². The Morgan fingerprint density at radius 3 is 2.50 bits per heavy atom. The number of nitrogens with one attached hydrogen (secondary N) is 1. The number of amides is 1. The second-order valence-electron chi connectivity index (χ2n) is 4.52. The number of rotatable bonds is 5. The molecule has 0 radical (unpaired) electrons. The van der Waals surface area contributed by atoms with Crippen LogP contribution in [0.4, 0.5) is 5.69 Å². The first-order chi connectivity index (χ1) is 10.3. The largest absolute Gasteiger partial charge is 0.275 e. The molecule has 1 aromatic carbocycles. The molecule has 1 aromatic heterocycles. The predicted octanol–water partition coefficient (Wildman–Crippen LogP) is 0.588. The number of non-ortho nitro benzene ring substituents is 1. The van der Waals surface area contributed by atoms with Gasteiger partial charge in [0.2, 0.25) is 10.0 Å². The van der Waals surface area contributed by atoms with E-state index in [4.69, 9.17) is 0 Å². The van der Waals surface area contributed by atoms with Gasteiger partial charge < -0.3 is 0 Å². The number of nitrogens with zero attached hydrogens (tertiary/aromatic N) is 3. The summed E-state index contributed by atoms with van der Waals surface area (Å²) in [6.07, 6.45) is 2.63. The molecule has 0 bridgehead atoms. The van der Waals surface area contributed by atoms with Gasteiger partial charge >= 0.3 is 0 Å². The smallest absolute Gasteiger partial charge is 0.269 e. The van der Waals surface area contributed by atoms with Crippen LogP contribution in [0.1, 0.15) is 15.9 Å². The summed E-state index contributed by atoms with van der Waals surface area (Å²) in [6, 6.07) is 5.05. The summed E-state index contributed by atoms with van der Waals surface area (Å²) in [7, 11) is -2.31. The normalized spacial score (nSPS) is 11.1. The molecule has 0 unspecified atom stereocenters. The summed E-state index contributed by atoms with van der Waals surface area (Å²) in [5.74, 6) is -1.24. The van der Waals surface area contributed by atoms with E-state index in [1.165, 1.54) is 41.3 Å². The predicted molar refractivity (Wildman–Crippen MR) is 76.4 cm³/mol. The summed E-state index contributed by atoms with van der Waals surface area (Å²) in [6.45, 7) is 0. The summed E-state index contributed by atoms with van der Waals surface area (Å²) in [4.78, 5) is 21.7. The van der Waals surface area contributed by atoms with Gasteiger partial charge in [-0.15, -0.1) is 0 Å². The van der Waals surface area contributed by atoms with E-state index >= 15 is 0 Å². The van der Waals surface area contributed by atoms with Crippen molar-refractivity contribution in [2.24, 2.45) is 7.05 Å². The number of sulfonamides is 1. The molecule has 0 aliphatic heterocycles. The number of nitro benzene ring substituents is 1. The Morgan fingerprint density at radius 2 is 2.00 bits per heavy atom. The van der Waals surface area contributed by atoms with Gasteiger partial charge in [-0.05, 0) is 5.56 Å². The zero-order chi connectivity index (χ0) is 16.3. The summed E-state index contributed by atoms with van der Waals surface area (Å²) >= 11 is 0. The van der Waals surface area contributed by atoms with Gasteiger partial charge in [-0.25, -0.2) is 13.1 Å². The third kappa shape index (κ3) is 3.88. The number of carbonyl (C=O) groups is 1. The van der Waals surface area contributed by atoms with Crippen molar-refractivity contribution >= 4 is 21.6 Å². The fourth-order valence-electron chi connectivity index (χ4n) is 1.71. The monoisotopic (exact) mass is 324 g/mol. The third-order valence-electron chi connectivity index (χ3n) is 2.72. The van der Waals surface area contributed by atoms with Crippen molar-refractivity contribution in [2.45, 2.75) is 5.75 Å². The average molecular weight is 324 g/mol. The minimum atomic E-state index is -3.91. The van der Waals surface area contributed by atoms with Crippen molar-refractivity contribution in [1.82, 2.24) is 14.5 Å². The van der Waals surface area contributed by atoms with Crippen molar-refractivity contribution in [1.29, 1.82) is 0 Å². The number of nitro groups is 1. The lowest BCUT2D eigenvalue weighted by atomic mass is 10.2. The van der Waals surface area contributed by atoms with E-state index in [0.29, 0.717) is 5.56 Å². The Balaban J connectivity index is 2.07. The maximum absolute atomic E-state index is 11.9. The van der Waals surface area contributed by atoms with Gasteiger partial charge in [0.25, 0.3) is 11.6 Å². The highest BCUT2D eigenvalue weighted by atomic mass is 32.2. The first-order valence-corrected chi connectivity index (χ1v) is 7.69. The number of aryl methyl sites for hydroxylation is 1. The lowest BCUT2D eigenvalue weighted by Gasteiger charge is -2.05. The fourth-order valence-corrected chi connectivity index (χ4v) is 2.81. The van der Waals surface area contributed by atoms with Crippen LogP contribution in [0, 0.1) is 10.1 Å². The fraction of sp³-hybridized carbons (Fsp3) is 0.167. The topological polar surface area (TPSA) is 124 Å². The van der Waals surface area contributed by atoms with Crippen molar-refractivity contribution in [3.05, 3.63) is 57.9 Å². The van der Waals surface area contributed by atoms with Crippen LogP contribution in [0.2, 0.25) is 0 Å². The van der Waals surface area contributed by atoms with Crippen molar-refractivity contribution in [3.8, 4) is 0 Å². The maximum atomic E-state index is 11.9. The summed E-state index contributed by atoms with van der Waals surface area (Å²) < 4.78 is 27.1. The van der Waals surface area contributed by atoms with Crippen LogP contribution in [0.15, 0.2) is 36.7 Å². The highest BCUT2D eigenvalue weighted by Gasteiger charge is 2.18. The van der Waals surface area contributed by atoms with Gasteiger partial charge in [0.15, 0.2) is 0 Å². The summed E-state index contributed by atoms with van der Waals surface area (Å²) in [5, 5.41) is 14.3. The van der Waals surface area contributed by atoms with Gasteiger partial charge in [-0.2, -0.15) is 5.10 Å². The van der Waals surface area contributed by atoms with Crippen LogP contribution in [0.25, 0.3) is 0 Å². The Labute approximate surface area is 125 Å². The molecule has 1 heterocycles. The minimum absolute atomic E-state index is 0.120. The number of carbonyl (C=O) groups excluding carboxylic acids is 1. The molecule has 10 heteroatoms. The van der Waals surface area contributed by atoms with E-state index in [9.17, 15) is 23.3 Å². The van der Waals surface area contributed by atoms with Gasteiger partial charge in [0.05, 0.1) is 22.4 Å². The standard InChI is InChI=1S/C12H12N4O5S/c1-15-7-10(6-13-15)12(17)14-22(20,21)8-9-2-4-11(5-3-9)16(18)19/h2-7H,8H2,1H3,(H,14,17). The number of aromatic nitrogens is 2. The van der Waals surface area contributed by atoms with E-state index < -0.39 is 26.6 Å². The first-order valence-electron chi connectivity index (χ1n) is 6.03. The quantitative estimate of drug-likeness (QED) is 0.634. The van der Waals surface area contributed by atoms with Gasteiger partial charge in [0.1, 0.15) is 0 Å². The van der Waals surface area contributed by atoms with Crippen LogP contribution < -0.4 is 4.72 Å². The van der Waals surface area contributed by atoms with Gasteiger partial charge in [0, 0.05) is 25.4 Å². The van der Waals surface area contributed by atoms with Crippen LogP contribution in [-0.4, -0.2) is 29.0 Å². The van der Waals surface area contributed by atoms with Crippen LogP contribution in [-0.2, 0) is 22.8 Å². The maximum Gasteiger partial charge on any atom is 0.269 e. The molecule has 0 fully saturated rings. The molecule has 1 N–H and O–H groups in total. The molecule has 0 saturated heterocycles. The molecule has 22 heavy (non-hydrogen) atoms.